The van der Waals surface area contributed by atoms with E-state index in [9.17, 15) is 4.79 Å². The molecule has 0 heterocycles. The van der Waals surface area contributed by atoms with E-state index in [1.54, 1.807) is 0 Å². The normalized spacial score (nSPS) is 11.3. The Hall–Kier alpha value is -1.26. The summed E-state index contributed by atoms with van der Waals surface area (Å²) in [4.78, 5) is 11.5. The summed E-state index contributed by atoms with van der Waals surface area (Å²) in [5.74, 6) is 0.914. The molecule has 0 aromatic heterocycles. The lowest BCUT2D eigenvalue weighted by Gasteiger charge is -2.15. The molecule has 4 nitrogen and oxygen atoms in total. The minimum absolute atomic E-state index is 0. The average molecular weight is 301 g/mol. The molecule has 1 unspecified atom stereocenters. The molecule has 0 bridgehead atoms. The molecule has 0 aliphatic rings. The van der Waals surface area contributed by atoms with Gasteiger partial charge in [-0.05, 0) is 46.0 Å². The lowest BCUT2D eigenvalue weighted by atomic mass is 10.2. The quantitative estimate of drug-likeness (QED) is 0.724. The van der Waals surface area contributed by atoms with E-state index in [0.29, 0.717) is 13.0 Å². The minimum Gasteiger partial charge on any atom is -0.489 e. The van der Waals surface area contributed by atoms with E-state index in [2.05, 4.69) is 10.6 Å². The highest BCUT2D eigenvalue weighted by atomic mass is 35.5. The molecule has 0 fully saturated rings. The standard InChI is InChI=1S/C15H24N2O2.ClH/c1-12-6-8-14(9-7-12)19-13(2)11-17-15(18)5-4-10-16-3;/h6-9,13,16H,4-5,10-11H2,1-3H3,(H,17,18);1H. The second-order valence-electron chi connectivity index (χ2n) is 4.75. The van der Waals surface area contributed by atoms with E-state index in [4.69, 9.17) is 4.74 Å². The monoisotopic (exact) mass is 300 g/mol. The van der Waals surface area contributed by atoms with Gasteiger partial charge in [0.25, 0.3) is 0 Å². The van der Waals surface area contributed by atoms with Gasteiger partial charge in [-0.15, -0.1) is 12.4 Å². The number of hydrogen-bond donors (Lipinski definition) is 2. The van der Waals surface area contributed by atoms with Crippen LogP contribution < -0.4 is 15.4 Å². The SMILES string of the molecule is CNCCCC(=O)NCC(C)Oc1ccc(C)cc1.Cl. The Balaban J connectivity index is 0.00000361. The summed E-state index contributed by atoms with van der Waals surface area (Å²) in [5, 5.41) is 5.90. The molecule has 20 heavy (non-hydrogen) atoms. The lowest BCUT2D eigenvalue weighted by Crippen LogP contribution is -2.33. The molecule has 2 N–H and O–H groups in total. The fourth-order valence-corrected chi connectivity index (χ4v) is 1.66. The lowest BCUT2D eigenvalue weighted by molar-refractivity contribution is -0.121. The van der Waals surface area contributed by atoms with Gasteiger partial charge in [-0.2, -0.15) is 0 Å². The highest BCUT2D eigenvalue weighted by Gasteiger charge is 2.06. The van der Waals surface area contributed by atoms with Crippen LogP contribution in [-0.4, -0.2) is 32.1 Å². The predicted molar refractivity (Wildman–Crippen MR) is 84.7 cm³/mol. The van der Waals surface area contributed by atoms with Gasteiger partial charge in [0.1, 0.15) is 11.9 Å². The van der Waals surface area contributed by atoms with Gasteiger partial charge in [-0.3, -0.25) is 4.79 Å². The number of rotatable bonds is 8. The van der Waals surface area contributed by atoms with Crippen LogP contribution in [0.2, 0.25) is 0 Å². The third kappa shape index (κ3) is 8.02. The van der Waals surface area contributed by atoms with Crippen LogP contribution >= 0.6 is 12.4 Å². The zero-order chi connectivity index (χ0) is 14.1. The van der Waals surface area contributed by atoms with E-state index in [-0.39, 0.29) is 24.4 Å². The highest BCUT2D eigenvalue weighted by Crippen LogP contribution is 2.12. The van der Waals surface area contributed by atoms with Gasteiger partial charge in [0.05, 0.1) is 6.54 Å². The first kappa shape index (κ1) is 18.7. The molecule has 1 atom stereocenters. The van der Waals surface area contributed by atoms with E-state index < -0.39 is 0 Å². The van der Waals surface area contributed by atoms with Crippen molar-refractivity contribution in [2.24, 2.45) is 0 Å². The van der Waals surface area contributed by atoms with Crippen molar-refractivity contribution in [3.05, 3.63) is 29.8 Å². The molecule has 1 aromatic rings. The van der Waals surface area contributed by atoms with Crippen molar-refractivity contribution in [2.45, 2.75) is 32.8 Å². The number of amides is 1. The first-order chi connectivity index (χ1) is 9.11. The second kappa shape index (κ2) is 10.5. The van der Waals surface area contributed by atoms with Gasteiger partial charge in [0.2, 0.25) is 5.91 Å². The summed E-state index contributed by atoms with van der Waals surface area (Å²) < 4.78 is 5.72. The van der Waals surface area contributed by atoms with Crippen LogP contribution in [0.5, 0.6) is 5.75 Å². The largest absolute Gasteiger partial charge is 0.489 e. The Labute approximate surface area is 127 Å². The van der Waals surface area contributed by atoms with Crippen molar-refractivity contribution in [1.29, 1.82) is 0 Å². The van der Waals surface area contributed by atoms with Crippen LogP contribution in [0.3, 0.4) is 0 Å². The van der Waals surface area contributed by atoms with Gasteiger partial charge < -0.3 is 15.4 Å². The van der Waals surface area contributed by atoms with Crippen LogP contribution in [0.25, 0.3) is 0 Å². The van der Waals surface area contributed by atoms with Gasteiger partial charge >= 0.3 is 0 Å². The van der Waals surface area contributed by atoms with Gasteiger partial charge in [-0.1, -0.05) is 17.7 Å². The van der Waals surface area contributed by atoms with E-state index in [0.717, 1.165) is 18.7 Å². The number of hydrogen-bond acceptors (Lipinski definition) is 3. The molecule has 0 saturated carbocycles. The van der Waals surface area contributed by atoms with Crippen molar-refractivity contribution in [3.8, 4) is 5.75 Å². The van der Waals surface area contributed by atoms with E-state index in [1.165, 1.54) is 5.56 Å². The summed E-state index contributed by atoms with van der Waals surface area (Å²) in [6, 6.07) is 7.91. The molecule has 0 aliphatic heterocycles. The summed E-state index contributed by atoms with van der Waals surface area (Å²) in [7, 11) is 1.88. The third-order valence-corrected chi connectivity index (χ3v) is 2.78. The number of nitrogens with one attached hydrogen (secondary N) is 2. The summed E-state index contributed by atoms with van der Waals surface area (Å²) in [6.07, 6.45) is 1.38. The van der Waals surface area contributed by atoms with Crippen molar-refractivity contribution in [3.63, 3.8) is 0 Å². The molecule has 0 spiro atoms. The molecule has 0 saturated heterocycles. The summed E-state index contributed by atoms with van der Waals surface area (Å²) in [6.45, 7) is 5.39. The van der Waals surface area contributed by atoms with Crippen molar-refractivity contribution < 1.29 is 9.53 Å². The molecular weight excluding hydrogens is 276 g/mol. The predicted octanol–water partition coefficient (Wildman–Crippen LogP) is 2.30. The van der Waals surface area contributed by atoms with Gasteiger partial charge in [-0.25, -0.2) is 0 Å². The zero-order valence-corrected chi connectivity index (χ0v) is 13.3. The van der Waals surface area contributed by atoms with Crippen LogP contribution in [0.1, 0.15) is 25.3 Å². The van der Waals surface area contributed by atoms with Crippen LogP contribution in [0, 0.1) is 6.92 Å². The Kier molecular flexibility index (Phi) is 9.86. The number of halogens is 1. The maximum absolute atomic E-state index is 11.5. The Bertz CT molecular complexity index is 382. The molecule has 1 rings (SSSR count). The molecule has 0 radical (unpaired) electrons. The molecule has 5 heteroatoms. The average Bonchev–Trinajstić information content (AvgIpc) is 2.39. The Morgan fingerprint density at radius 1 is 1.30 bits per heavy atom. The Morgan fingerprint density at radius 3 is 2.55 bits per heavy atom. The van der Waals surface area contributed by atoms with Crippen LogP contribution in [0.4, 0.5) is 0 Å². The number of aryl methyl sites for hydroxylation is 1. The number of carbonyl (C=O) groups is 1. The summed E-state index contributed by atoms with van der Waals surface area (Å²) >= 11 is 0. The van der Waals surface area contributed by atoms with E-state index >= 15 is 0 Å². The molecule has 0 aliphatic carbocycles. The minimum atomic E-state index is -0.0315. The van der Waals surface area contributed by atoms with Crippen LogP contribution in [0.15, 0.2) is 24.3 Å². The van der Waals surface area contributed by atoms with Crippen molar-refractivity contribution in [2.75, 3.05) is 20.1 Å². The van der Waals surface area contributed by atoms with Crippen molar-refractivity contribution >= 4 is 18.3 Å². The fraction of sp³-hybridized carbons (Fsp3) is 0.533. The fourth-order valence-electron chi connectivity index (χ4n) is 1.66. The number of benzene rings is 1. The third-order valence-electron chi connectivity index (χ3n) is 2.78. The zero-order valence-electron chi connectivity index (χ0n) is 12.4. The van der Waals surface area contributed by atoms with Crippen LogP contribution in [-0.2, 0) is 4.79 Å². The maximum Gasteiger partial charge on any atom is 0.220 e. The smallest absolute Gasteiger partial charge is 0.220 e. The van der Waals surface area contributed by atoms with E-state index in [1.807, 2.05) is 45.2 Å². The van der Waals surface area contributed by atoms with Gasteiger partial charge in [0.15, 0.2) is 0 Å². The summed E-state index contributed by atoms with van der Waals surface area (Å²) in [5.41, 5.74) is 1.21. The number of ether oxygens (including phenoxy) is 1. The first-order valence-corrected chi connectivity index (χ1v) is 6.76. The highest BCUT2D eigenvalue weighted by molar-refractivity contribution is 5.85. The van der Waals surface area contributed by atoms with Crippen molar-refractivity contribution in [1.82, 2.24) is 10.6 Å². The molecule has 1 amide bonds. The maximum atomic E-state index is 11.5. The molecule has 1 aromatic carbocycles. The number of carbonyl (C=O) groups excluding carboxylic acids is 1. The first-order valence-electron chi connectivity index (χ1n) is 6.76. The molecule has 114 valence electrons. The topological polar surface area (TPSA) is 50.4 Å². The van der Waals surface area contributed by atoms with Gasteiger partial charge in [0, 0.05) is 6.42 Å². The second-order valence-corrected chi connectivity index (χ2v) is 4.75. The Morgan fingerprint density at radius 2 is 1.95 bits per heavy atom. The molecular formula is C15H25ClN2O2.